The summed E-state index contributed by atoms with van der Waals surface area (Å²) in [5.41, 5.74) is -0.567. The number of carbonyl (C=O) groups excluding carboxylic acids is 2. The maximum Gasteiger partial charge on any atom is 0.573 e. The Balaban J connectivity index is 2.15. The van der Waals surface area contributed by atoms with Crippen LogP contribution in [0.25, 0.3) is 0 Å². The van der Waals surface area contributed by atoms with Gasteiger partial charge >= 0.3 is 18.3 Å². The predicted molar refractivity (Wildman–Crippen MR) is 116 cm³/mol. The summed E-state index contributed by atoms with van der Waals surface area (Å²) in [6, 6.07) is 12.6. The maximum atomic E-state index is 14.1. The summed E-state index contributed by atoms with van der Waals surface area (Å²) in [4.78, 5) is 25.4. The molecule has 2 atom stereocenters. The van der Waals surface area contributed by atoms with Crippen LogP contribution in [0.3, 0.4) is 0 Å². The number of esters is 2. The van der Waals surface area contributed by atoms with Gasteiger partial charge in [-0.05, 0) is 44.2 Å². The van der Waals surface area contributed by atoms with Crippen molar-refractivity contribution in [1.29, 1.82) is 0 Å². The highest BCUT2D eigenvalue weighted by Gasteiger charge is 2.33. The first kappa shape index (κ1) is 27.1. The van der Waals surface area contributed by atoms with Gasteiger partial charge in [0.15, 0.2) is 0 Å². The Bertz CT molecular complexity index is 927. The number of rotatable bonds is 11. The fourth-order valence-electron chi connectivity index (χ4n) is 3.05. The van der Waals surface area contributed by atoms with Crippen molar-refractivity contribution >= 4 is 11.9 Å². The van der Waals surface area contributed by atoms with Crippen LogP contribution in [-0.2, 0) is 32.1 Å². The third kappa shape index (κ3) is 9.78. The molecule has 0 unspecified atom stereocenters. The lowest BCUT2D eigenvalue weighted by atomic mass is 10.0. The summed E-state index contributed by atoms with van der Waals surface area (Å²) in [6.45, 7) is 2.54. The number of alkyl halides is 4. The van der Waals surface area contributed by atoms with E-state index in [2.05, 4.69) is 10.1 Å². The molecule has 2 rings (SSSR count). The molecule has 0 heterocycles. The highest BCUT2D eigenvalue weighted by atomic mass is 19.4. The van der Waals surface area contributed by atoms with Gasteiger partial charge in [0.2, 0.25) is 6.10 Å². The molecule has 0 bridgehead atoms. The van der Waals surface area contributed by atoms with Gasteiger partial charge in [0.1, 0.15) is 24.1 Å². The predicted octanol–water partition coefficient (Wildman–Crippen LogP) is 4.51. The zero-order valence-electron chi connectivity index (χ0n) is 19.0. The molecule has 0 aliphatic rings. The molecule has 2 aromatic rings. The summed E-state index contributed by atoms with van der Waals surface area (Å²) in [7, 11) is 1.46. The van der Waals surface area contributed by atoms with Crippen molar-refractivity contribution in [3.8, 4) is 5.75 Å². The minimum atomic E-state index is -4.84. The van der Waals surface area contributed by atoms with E-state index in [4.69, 9.17) is 9.47 Å². The lowest BCUT2D eigenvalue weighted by Crippen LogP contribution is -2.43. The molecule has 0 fully saturated rings. The first-order chi connectivity index (χ1) is 15.9. The molecule has 0 saturated carbocycles. The Kier molecular flexibility index (Phi) is 9.43. The smallest absolute Gasteiger partial charge is 0.458 e. The van der Waals surface area contributed by atoms with Crippen molar-refractivity contribution in [1.82, 2.24) is 5.32 Å². The standard InChI is InChI=1S/C24H27F4NO5/c1-23(2,25)14-19(29-3)21(30)33-20(22(31)32-15-17-7-5-4-6-8-17)13-16-9-11-18(12-10-16)34-24(26,27)28/h4-12,19-20,29H,13-15H2,1-3H3/t19-,20-/m1/s1. The molecule has 186 valence electrons. The third-order valence-corrected chi connectivity index (χ3v) is 4.65. The number of hydrogen-bond donors (Lipinski definition) is 1. The van der Waals surface area contributed by atoms with Crippen LogP contribution in [0.1, 0.15) is 31.4 Å². The van der Waals surface area contributed by atoms with Crippen molar-refractivity contribution < 1.29 is 41.4 Å². The molecular formula is C24H27F4NO5. The Morgan fingerprint density at radius 2 is 1.53 bits per heavy atom. The van der Waals surface area contributed by atoms with Crippen LogP contribution < -0.4 is 10.1 Å². The fraction of sp³-hybridized carbons (Fsp3) is 0.417. The summed E-state index contributed by atoms with van der Waals surface area (Å²) in [5.74, 6) is -2.13. The molecule has 0 saturated heterocycles. The first-order valence-electron chi connectivity index (χ1n) is 10.5. The second kappa shape index (κ2) is 11.8. The van der Waals surface area contributed by atoms with Crippen LogP contribution in [-0.4, -0.2) is 43.2 Å². The van der Waals surface area contributed by atoms with Gasteiger partial charge < -0.3 is 19.5 Å². The van der Waals surface area contributed by atoms with E-state index >= 15 is 0 Å². The van der Waals surface area contributed by atoms with Crippen LogP contribution in [0.5, 0.6) is 5.75 Å². The molecule has 6 nitrogen and oxygen atoms in total. The van der Waals surface area contributed by atoms with E-state index in [0.717, 1.165) is 12.1 Å². The van der Waals surface area contributed by atoms with Crippen molar-refractivity contribution in [3.63, 3.8) is 0 Å². The van der Waals surface area contributed by atoms with Gasteiger partial charge in [0, 0.05) is 12.8 Å². The minimum absolute atomic E-state index is 0.0704. The zero-order valence-corrected chi connectivity index (χ0v) is 19.0. The number of likely N-dealkylation sites (N-methyl/N-ethyl adjacent to an activating group) is 1. The van der Waals surface area contributed by atoms with E-state index in [9.17, 15) is 27.2 Å². The van der Waals surface area contributed by atoms with Gasteiger partial charge in [-0.2, -0.15) is 0 Å². The summed E-state index contributed by atoms with van der Waals surface area (Å²) >= 11 is 0. The molecule has 0 radical (unpaired) electrons. The number of nitrogens with one attached hydrogen (secondary N) is 1. The average Bonchev–Trinajstić information content (AvgIpc) is 2.75. The molecular weight excluding hydrogens is 458 g/mol. The Hall–Kier alpha value is -3.14. The van der Waals surface area contributed by atoms with Gasteiger partial charge in [-0.3, -0.25) is 4.79 Å². The van der Waals surface area contributed by atoms with Crippen LogP contribution in [0.2, 0.25) is 0 Å². The fourth-order valence-corrected chi connectivity index (χ4v) is 3.05. The minimum Gasteiger partial charge on any atom is -0.458 e. The van der Waals surface area contributed by atoms with Gasteiger partial charge in [0.25, 0.3) is 0 Å². The summed E-state index contributed by atoms with van der Waals surface area (Å²) in [5, 5.41) is 2.66. The number of ether oxygens (including phenoxy) is 3. The van der Waals surface area contributed by atoms with Crippen molar-refractivity contribution in [3.05, 3.63) is 65.7 Å². The Morgan fingerprint density at radius 3 is 2.06 bits per heavy atom. The number of hydrogen-bond acceptors (Lipinski definition) is 6. The van der Waals surface area contributed by atoms with Gasteiger partial charge in [-0.15, -0.1) is 13.2 Å². The summed E-state index contributed by atoms with van der Waals surface area (Å²) in [6.07, 6.45) is -6.60. The van der Waals surface area contributed by atoms with Crippen molar-refractivity contribution in [2.24, 2.45) is 0 Å². The van der Waals surface area contributed by atoms with E-state index in [1.54, 1.807) is 30.3 Å². The monoisotopic (exact) mass is 485 g/mol. The number of halogens is 4. The highest BCUT2D eigenvalue weighted by molar-refractivity contribution is 5.82. The molecule has 0 aliphatic carbocycles. The lowest BCUT2D eigenvalue weighted by Gasteiger charge is -2.24. The van der Waals surface area contributed by atoms with Crippen molar-refractivity contribution in [2.45, 2.75) is 57.5 Å². The quantitative estimate of drug-likeness (QED) is 0.373. The van der Waals surface area contributed by atoms with E-state index in [-0.39, 0.29) is 19.4 Å². The first-order valence-corrected chi connectivity index (χ1v) is 10.5. The Labute approximate surface area is 195 Å². The molecule has 34 heavy (non-hydrogen) atoms. The topological polar surface area (TPSA) is 73.9 Å². The lowest BCUT2D eigenvalue weighted by molar-refractivity contribution is -0.274. The molecule has 0 aromatic heterocycles. The second-order valence-corrected chi connectivity index (χ2v) is 8.18. The van der Waals surface area contributed by atoms with E-state index in [0.29, 0.717) is 11.1 Å². The van der Waals surface area contributed by atoms with Crippen LogP contribution in [0.4, 0.5) is 17.6 Å². The molecule has 0 aliphatic heterocycles. The number of carbonyl (C=O) groups is 2. The molecule has 10 heteroatoms. The SMILES string of the molecule is CN[C@H](CC(C)(C)F)C(=O)O[C@H](Cc1ccc(OC(F)(F)F)cc1)C(=O)OCc1ccccc1. The molecule has 0 spiro atoms. The van der Waals surface area contributed by atoms with E-state index in [1.165, 1.54) is 33.0 Å². The zero-order chi connectivity index (χ0) is 25.4. The van der Waals surface area contributed by atoms with Crippen molar-refractivity contribution in [2.75, 3.05) is 7.05 Å². The van der Waals surface area contributed by atoms with Crippen LogP contribution >= 0.6 is 0 Å². The highest BCUT2D eigenvalue weighted by Crippen LogP contribution is 2.24. The van der Waals surface area contributed by atoms with Crippen LogP contribution in [0.15, 0.2) is 54.6 Å². The maximum absolute atomic E-state index is 14.1. The molecule has 1 N–H and O–H groups in total. The van der Waals surface area contributed by atoms with Gasteiger partial charge in [-0.25, -0.2) is 9.18 Å². The Morgan fingerprint density at radius 1 is 0.912 bits per heavy atom. The van der Waals surface area contributed by atoms with Gasteiger partial charge in [0.05, 0.1) is 0 Å². The van der Waals surface area contributed by atoms with Crippen LogP contribution in [0, 0.1) is 0 Å². The largest absolute Gasteiger partial charge is 0.573 e. The average molecular weight is 485 g/mol. The van der Waals surface area contributed by atoms with E-state index < -0.39 is 41.9 Å². The molecule has 2 aromatic carbocycles. The second-order valence-electron chi connectivity index (χ2n) is 8.18. The van der Waals surface area contributed by atoms with Gasteiger partial charge in [-0.1, -0.05) is 42.5 Å². The normalized spacial score (nSPS) is 13.6. The number of benzene rings is 2. The third-order valence-electron chi connectivity index (χ3n) is 4.65. The molecule has 0 amide bonds. The summed E-state index contributed by atoms with van der Waals surface area (Å²) < 4.78 is 65.7. The van der Waals surface area contributed by atoms with E-state index in [1.807, 2.05) is 0 Å².